The monoisotopic (exact) mass is 418 g/mol. The van der Waals surface area contributed by atoms with E-state index in [0.29, 0.717) is 0 Å². The molecule has 124 valence electrons. The Labute approximate surface area is 168 Å². The molecule has 0 spiro atoms. The van der Waals surface area contributed by atoms with E-state index in [2.05, 4.69) is 38.2 Å². The number of halogens is 2. The quantitative estimate of drug-likeness (QED) is 0.392. The third kappa shape index (κ3) is 7.33. The van der Waals surface area contributed by atoms with E-state index in [1.807, 2.05) is 0 Å². The minimum atomic E-state index is 0. The first-order chi connectivity index (χ1) is 9.35. The molecular weight excluding hydrogens is 390 g/mol. The fourth-order valence-corrected chi connectivity index (χ4v) is 3.07. The summed E-state index contributed by atoms with van der Waals surface area (Å²) in [5.74, 6) is 0. The van der Waals surface area contributed by atoms with Crippen molar-refractivity contribution in [3.8, 4) is 0 Å². The summed E-state index contributed by atoms with van der Waals surface area (Å²) in [6.45, 7) is 4.57. The van der Waals surface area contributed by atoms with Gasteiger partial charge in [-0.05, 0) is 56.1 Å². The van der Waals surface area contributed by atoms with Gasteiger partial charge >= 0.3 is 0 Å². The SMILES string of the molecule is CCCCC1=C(CC2=C(CCCC)C=CC2)CC=C1.Cl.Cl.[Zr]. The maximum Gasteiger partial charge on any atom is 0 e. The van der Waals surface area contributed by atoms with Gasteiger partial charge < -0.3 is 0 Å². The van der Waals surface area contributed by atoms with Crippen molar-refractivity contribution >= 4 is 24.8 Å². The van der Waals surface area contributed by atoms with E-state index in [9.17, 15) is 0 Å². The normalized spacial score (nSPS) is 15.7. The predicted molar refractivity (Wildman–Crippen MR) is 99.7 cm³/mol. The summed E-state index contributed by atoms with van der Waals surface area (Å²) in [6, 6.07) is 0. The summed E-state index contributed by atoms with van der Waals surface area (Å²) in [5, 5.41) is 0. The molecule has 0 fully saturated rings. The number of hydrogen-bond acceptors (Lipinski definition) is 0. The van der Waals surface area contributed by atoms with Crippen LogP contribution in [-0.4, -0.2) is 0 Å². The van der Waals surface area contributed by atoms with E-state index < -0.39 is 0 Å². The number of hydrogen-bond donors (Lipinski definition) is 0. The van der Waals surface area contributed by atoms with Gasteiger partial charge in [0, 0.05) is 26.2 Å². The summed E-state index contributed by atoms with van der Waals surface area (Å²) in [7, 11) is 0. The Balaban J connectivity index is 0. The summed E-state index contributed by atoms with van der Waals surface area (Å²) in [4.78, 5) is 0. The van der Waals surface area contributed by atoms with Crippen molar-refractivity contribution in [1.29, 1.82) is 0 Å². The Kier molecular flexibility index (Phi) is 15.5. The molecule has 0 N–H and O–H groups in total. The number of unbranched alkanes of at least 4 members (excludes halogenated alkanes) is 2. The van der Waals surface area contributed by atoms with Gasteiger partial charge in [-0.2, -0.15) is 0 Å². The second kappa shape index (κ2) is 13.8. The maximum absolute atomic E-state index is 2.37. The Morgan fingerprint density at radius 2 is 1.18 bits per heavy atom. The molecule has 0 bridgehead atoms. The van der Waals surface area contributed by atoms with E-state index >= 15 is 0 Å². The number of rotatable bonds is 8. The van der Waals surface area contributed by atoms with Crippen molar-refractivity contribution in [2.45, 2.75) is 71.6 Å². The summed E-state index contributed by atoms with van der Waals surface area (Å²) >= 11 is 0. The van der Waals surface area contributed by atoms with Gasteiger partial charge in [0.25, 0.3) is 0 Å². The van der Waals surface area contributed by atoms with Crippen LogP contribution in [-0.2, 0) is 26.2 Å². The Morgan fingerprint density at radius 3 is 1.55 bits per heavy atom. The van der Waals surface area contributed by atoms with Crippen molar-refractivity contribution in [3.05, 3.63) is 46.6 Å². The standard InChI is InChI=1S/C19H28.2ClH.Zr/c1-3-5-9-16-11-7-13-18(16)15-19-14-8-12-17(19)10-6-4-2;;;/h7-8,11-12H,3-6,9-10,13-15H2,1-2H3;2*1H;. The van der Waals surface area contributed by atoms with Crippen LogP contribution in [0.25, 0.3) is 0 Å². The van der Waals surface area contributed by atoms with Crippen molar-refractivity contribution in [3.63, 3.8) is 0 Å². The Hall–Kier alpha value is 0.423. The molecule has 0 atom stereocenters. The molecule has 0 unspecified atom stereocenters. The summed E-state index contributed by atoms with van der Waals surface area (Å²) in [6.07, 6.45) is 20.9. The first-order valence-corrected chi connectivity index (χ1v) is 8.10. The molecule has 0 nitrogen and oxygen atoms in total. The fraction of sp³-hybridized carbons (Fsp3) is 0.579. The first kappa shape index (κ1) is 24.7. The molecule has 22 heavy (non-hydrogen) atoms. The molecule has 0 aromatic heterocycles. The third-order valence-electron chi connectivity index (χ3n) is 4.30. The van der Waals surface area contributed by atoms with Gasteiger partial charge in [-0.1, -0.05) is 62.1 Å². The molecule has 3 heteroatoms. The van der Waals surface area contributed by atoms with Crippen LogP contribution >= 0.6 is 24.8 Å². The van der Waals surface area contributed by atoms with Crippen LogP contribution in [0.1, 0.15) is 71.6 Å². The molecular formula is C19H30Cl2Zr. The minimum Gasteiger partial charge on any atom is -0.147 e. The minimum absolute atomic E-state index is 0. The zero-order chi connectivity index (χ0) is 13.5. The van der Waals surface area contributed by atoms with E-state index in [-0.39, 0.29) is 51.0 Å². The van der Waals surface area contributed by atoms with Gasteiger partial charge in [-0.15, -0.1) is 24.8 Å². The van der Waals surface area contributed by atoms with Gasteiger partial charge in [0.1, 0.15) is 0 Å². The van der Waals surface area contributed by atoms with Crippen molar-refractivity contribution in [1.82, 2.24) is 0 Å². The Morgan fingerprint density at radius 1 is 0.773 bits per heavy atom. The Bertz CT molecular complexity index is 391. The fourth-order valence-electron chi connectivity index (χ4n) is 3.07. The number of allylic oxidation sites excluding steroid dienone is 8. The van der Waals surface area contributed by atoms with Gasteiger partial charge in [-0.3, -0.25) is 0 Å². The molecule has 0 aromatic rings. The van der Waals surface area contributed by atoms with Crippen LogP contribution in [0.3, 0.4) is 0 Å². The summed E-state index contributed by atoms with van der Waals surface area (Å²) < 4.78 is 0. The molecule has 0 radical (unpaired) electrons. The largest absolute Gasteiger partial charge is 0.147 e. The maximum atomic E-state index is 2.37. The van der Waals surface area contributed by atoms with Crippen LogP contribution in [0.15, 0.2) is 46.6 Å². The second-order valence-electron chi connectivity index (χ2n) is 5.85. The van der Waals surface area contributed by atoms with Crippen LogP contribution in [0, 0.1) is 0 Å². The van der Waals surface area contributed by atoms with Crippen LogP contribution in [0.5, 0.6) is 0 Å². The van der Waals surface area contributed by atoms with Crippen LogP contribution < -0.4 is 0 Å². The van der Waals surface area contributed by atoms with Gasteiger partial charge in [0.2, 0.25) is 0 Å². The van der Waals surface area contributed by atoms with E-state index in [0.717, 1.165) is 0 Å². The predicted octanol–water partition coefficient (Wildman–Crippen LogP) is 7.11. The second-order valence-corrected chi connectivity index (χ2v) is 5.85. The van der Waals surface area contributed by atoms with E-state index in [1.54, 1.807) is 22.3 Å². The van der Waals surface area contributed by atoms with Gasteiger partial charge in [0.05, 0.1) is 0 Å². The average Bonchev–Trinajstić information content (AvgIpc) is 3.04. The molecule has 2 aliphatic carbocycles. The summed E-state index contributed by atoms with van der Waals surface area (Å²) in [5.41, 5.74) is 6.66. The van der Waals surface area contributed by atoms with Crippen LogP contribution in [0.4, 0.5) is 0 Å². The van der Waals surface area contributed by atoms with Crippen LogP contribution in [0.2, 0.25) is 0 Å². The molecule has 0 saturated heterocycles. The molecule has 0 heterocycles. The molecule has 0 amide bonds. The third-order valence-corrected chi connectivity index (χ3v) is 4.30. The van der Waals surface area contributed by atoms with Crippen molar-refractivity contribution in [2.75, 3.05) is 0 Å². The first-order valence-electron chi connectivity index (χ1n) is 8.10. The van der Waals surface area contributed by atoms with Gasteiger partial charge in [-0.25, -0.2) is 0 Å². The van der Waals surface area contributed by atoms with E-state index in [1.165, 1.54) is 57.8 Å². The average molecular weight is 421 g/mol. The molecule has 0 aliphatic heterocycles. The van der Waals surface area contributed by atoms with E-state index in [4.69, 9.17) is 0 Å². The molecule has 0 aromatic carbocycles. The zero-order valence-corrected chi connectivity index (χ0v) is 18.1. The van der Waals surface area contributed by atoms with Crippen molar-refractivity contribution in [2.24, 2.45) is 0 Å². The zero-order valence-electron chi connectivity index (χ0n) is 14.0. The molecule has 2 aliphatic rings. The molecule has 2 rings (SSSR count). The van der Waals surface area contributed by atoms with Crippen molar-refractivity contribution < 1.29 is 26.2 Å². The van der Waals surface area contributed by atoms with Gasteiger partial charge in [0.15, 0.2) is 0 Å². The molecule has 0 saturated carbocycles. The smallest absolute Gasteiger partial charge is 0 e. The topological polar surface area (TPSA) is 0 Å².